The van der Waals surface area contributed by atoms with Gasteiger partial charge >= 0.3 is 0 Å². The van der Waals surface area contributed by atoms with Crippen LogP contribution in [0.15, 0.2) is 24.3 Å². The second-order valence-corrected chi connectivity index (χ2v) is 8.46. The summed E-state index contributed by atoms with van der Waals surface area (Å²) in [7, 11) is 0. The Morgan fingerprint density at radius 2 is 1.41 bits per heavy atom. The molecular formula is C19H26N2O. The van der Waals surface area contributed by atoms with Crippen molar-refractivity contribution in [2.75, 3.05) is 26.2 Å². The normalized spacial score (nSPS) is 43.1. The van der Waals surface area contributed by atoms with Crippen molar-refractivity contribution >= 4 is 5.78 Å². The van der Waals surface area contributed by atoms with Crippen LogP contribution in [0.25, 0.3) is 0 Å². The Hall–Kier alpha value is -1.19. The van der Waals surface area contributed by atoms with E-state index >= 15 is 0 Å². The second kappa shape index (κ2) is 4.42. The van der Waals surface area contributed by atoms with E-state index in [0.717, 1.165) is 26.2 Å². The lowest BCUT2D eigenvalue weighted by Gasteiger charge is -2.64. The summed E-state index contributed by atoms with van der Waals surface area (Å²) < 4.78 is 0. The van der Waals surface area contributed by atoms with Crippen LogP contribution in [0, 0.1) is 10.8 Å². The number of benzene rings is 1. The SMILES string of the molecule is CC(C)c1ccc(C2N3CC4(C)CN2CC(C)(C3)C4=O)cc1. The molecule has 0 amide bonds. The van der Waals surface area contributed by atoms with Crippen LogP contribution < -0.4 is 0 Å². The number of carbonyl (C=O) groups is 1. The molecule has 0 unspecified atom stereocenters. The van der Waals surface area contributed by atoms with Gasteiger partial charge in [-0.2, -0.15) is 0 Å². The molecule has 1 aromatic carbocycles. The highest BCUT2D eigenvalue weighted by Gasteiger charge is 2.61. The average molecular weight is 298 g/mol. The first kappa shape index (κ1) is 14.4. The molecule has 0 N–H and O–H groups in total. The Morgan fingerprint density at radius 1 is 0.955 bits per heavy atom. The lowest BCUT2D eigenvalue weighted by Crippen LogP contribution is -2.75. The highest BCUT2D eigenvalue weighted by atomic mass is 16.1. The molecule has 4 saturated heterocycles. The molecule has 0 aromatic heterocycles. The zero-order chi connectivity index (χ0) is 15.7. The zero-order valence-electron chi connectivity index (χ0n) is 14.1. The Bertz CT molecular complexity index is 579. The fourth-order valence-electron chi connectivity index (χ4n) is 5.07. The molecular weight excluding hydrogens is 272 g/mol. The van der Waals surface area contributed by atoms with E-state index in [9.17, 15) is 4.79 Å². The lowest BCUT2D eigenvalue weighted by molar-refractivity contribution is -0.197. The maximum absolute atomic E-state index is 12.7. The number of hydrogen-bond acceptors (Lipinski definition) is 3. The van der Waals surface area contributed by atoms with Crippen LogP contribution in [0.2, 0.25) is 0 Å². The third-order valence-electron chi connectivity index (χ3n) is 5.90. The van der Waals surface area contributed by atoms with Gasteiger partial charge in [0, 0.05) is 26.2 Å². The molecule has 5 rings (SSSR count). The molecule has 1 aromatic rings. The van der Waals surface area contributed by atoms with Crippen LogP contribution in [0.1, 0.15) is 50.9 Å². The van der Waals surface area contributed by atoms with Crippen LogP contribution in [-0.2, 0) is 4.79 Å². The molecule has 4 heterocycles. The van der Waals surface area contributed by atoms with Gasteiger partial charge in [0.1, 0.15) is 5.78 Å². The fourth-order valence-corrected chi connectivity index (χ4v) is 5.07. The number of carbonyl (C=O) groups excluding carboxylic acids is 1. The first-order chi connectivity index (χ1) is 10.3. The highest BCUT2D eigenvalue weighted by Crippen LogP contribution is 2.51. The van der Waals surface area contributed by atoms with Gasteiger partial charge in [0.2, 0.25) is 0 Å². The van der Waals surface area contributed by atoms with E-state index in [2.05, 4.69) is 61.8 Å². The van der Waals surface area contributed by atoms with Gasteiger partial charge < -0.3 is 0 Å². The van der Waals surface area contributed by atoms with Crippen molar-refractivity contribution in [3.63, 3.8) is 0 Å². The van der Waals surface area contributed by atoms with Crippen LogP contribution in [0.5, 0.6) is 0 Å². The molecule has 4 aliphatic rings. The number of ketones is 1. The predicted octanol–water partition coefficient (Wildman–Crippen LogP) is 3.04. The molecule has 0 aliphatic carbocycles. The quantitative estimate of drug-likeness (QED) is 0.838. The molecule has 118 valence electrons. The number of hydrogen-bond donors (Lipinski definition) is 0. The Labute approximate surface area is 133 Å². The van der Waals surface area contributed by atoms with Gasteiger partial charge in [-0.25, -0.2) is 0 Å². The molecule has 4 bridgehead atoms. The third kappa shape index (κ3) is 1.85. The van der Waals surface area contributed by atoms with Crippen LogP contribution >= 0.6 is 0 Å². The first-order valence-electron chi connectivity index (χ1n) is 8.45. The summed E-state index contributed by atoms with van der Waals surface area (Å²) in [6.07, 6.45) is 0.357. The van der Waals surface area contributed by atoms with Crippen molar-refractivity contribution in [2.24, 2.45) is 10.8 Å². The minimum Gasteiger partial charge on any atom is -0.298 e. The zero-order valence-corrected chi connectivity index (χ0v) is 14.1. The molecule has 4 fully saturated rings. The molecule has 0 radical (unpaired) electrons. The third-order valence-corrected chi connectivity index (χ3v) is 5.90. The monoisotopic (exact) mass is 298 g/mol. The van der Waals surface area contributed by atoms with Gasteiger partial charge in [0.25, 0.3) is 0 Å². The van der Waals surface area contributed by atoms with E-state index in [0.29, 0.717) is 17.9 Å². The van der Waals surface area contributed by atoms with Crippen molar-refractivity contribution in [3.8, 4) is 0 Å². The van der Waals surface area contributed by atoms with Crippen molar-refractivity contribution in [3.05, 3.63) is 35.4 Å². The minimum atomic E-state index is -0.167. The van der Waals surface area contributed by atoms with Crippen LogP contribution in [0.4, 0.5) is 0 Å². The molecule has 3 heteroatoms. The maximum atomic E-state index is 12.7. The summed E-state index contributed by atoms with van der Waals surface area (Å²) in [6.45, 7) is 12.4. The number of nitrogens with zero attached hydrogens (tertiary/aromatic N) is 2. The van der Waals surface area contributed by atoms with E-state index in [4.69, 9.17) is 0 Å². The topological polar surface area (TPSA) is 23.6 Å². The van der Waals surface area contributed by atoms with Gasteiger partial charge in [-0.3, -0.25) is 14.6 Å². The Balaban J connectivity index is 1.67. The van der Waals surface area contributed by atoms with E-state index < -0.39 is 0 Å². The smallest absolute Gasteiger partial charge is 0.149 e. The summed E-state index contributed by atoms with van der Waals surface area (Å²) in [5.74, 6) is 1.06. The Kier molecular flexibility index (Phi) is 2.90. The van der Waals surface area contributed by atoms with E-state index in [1.807, 2.05) is 0 Å². The van der Waals surface area contributed by atoms with Crippen LogP contribution in [-0.4, -0.2) is 41.8 Å². The van der Waals surface area contributed by atoms with Gasteiger partial charge in [0.15, 0.2) is 0 Å². The van der Waals surface area contributed by atoms with Gasteiger partial charge in [-0.05, 0) is 17.0 Å². The van der Waals surface area contributed by atoms with Crippen molar-refractivity contribution in [1.29, 1.82) is 0 Å². The van der Waals surface area contributed by atoms with Gasteiger partial charge in [0.05, 0.1) is 17.0 Å². The summed E-state index contributed by atoms with van der Waals surface area (Å²) in [4.78, 5) is 17.8. The molecule has 22 heavy (non-hydrogen) atoms. The van der Waals surface area contributed by atoms with Crippen LogP contribution in [0.3, 0.4) is 0 Å². The predicted molar refractivity (Wildman–Crippen MR) is 87.6 cm³/mol. The van der Waals surface area contributed by atoms with Gasteiger partial charge in [-0.1, -0.05) is 52.0 Å². The highest BCUT2D eigenvalue weighted by molar-refractivity contribution is 5.92. The minimum absolute atomic E-state index is 0.167. The van der Waals surface area contributed by atoms with E-state index in [-0.39, 0.29) is 10.8 Å². The molecule has 4 aliphatic heterocycles. The summed E-state index contributed by atoms with van der Waals surface area (Å²) in [6, 6.07) is 9.10. The van der Waals surface area contributed by atoms with Crippen molar-refractivity contribution < 1.29 is 4.79 Å². The van der Waals surface area contributed by atoms with Crippen molar-refractivity contribution in [1.82, 2.24) is 9.80 Å². The number of rotatable bonds is 2. The number of Topliss-reactive ketones (excluding diaryl/α,β-unsaturated/α-hetero) is 1. The average Bonchev–Trinajstić information content (AvgIpc) is 2.44. The lowest BCUT2D eigenvalue weighted by atomic mass is 9.62. The summed E-state index contributed by atoms with van der Waals surface area (Å²) >= 11 is 0. The first-order valence-corrected chi connectivity index (χ1v) is 8.45. The number of piperidine rings is 2. The Morgan fingerprint density at radius 3 is 1.82 bits per heavy atom. The largest absolute Gasteiger partial charge is 0.298 e. The second-order valence-electron chi connectivity index (χ2n) is 8.46. The summed E-state index contributed by atoms with van der Waals surface area (Å²) in [5.41, 5.74) is 2.44. The van der Waals surface area contributed by atoms with E-state index in [1.165, 1.54) is 11.1 Å². The van der Waals surface area contributed by atoms with Crippen molar-refractivity contribution in [2.45, 2.75) is 39.8 Å². The summed E-state index contributed by atoms with van der Waals surface area (Å²) in [5, 5.41) is 0. The standard InChI is InChI=1S/C19H26N2O/c1-13(2)14-5-7-15(8-6-14)16-20-9-18(3)10-21(16)12-19(4,11-20)17(18)22/h5-8,13,16H,9-12H2,1-4H3. The molecule has 0 saturated carbocycles. The fraction of sp³-hybridized carbons (Fsp3) is 0.632. The van der Waals surface area contributed by atoms with E-state index in [1.54, 1.807) is 0 Å². The molecule has 3 nitrogen and oxygen atoms in total. The molecule has 0 atom stereocenters. The van der Waals surface area contributed by atoms with Gasteiger partial charge in [-0.15, -0.1) is 0 Å². The maximum Gasteiger partial charge on any atom is 0.149 e. The molecule has 0 spiro atoms.